The average molecular weight is 152 g/mol. The Balaban J connectivity index is 3.36. The van der Waals surface area contributed by atoms with Gasteiger partial charge in [-0.15, -0.1) is 0 Å². The lowest BCUT2D eigenvalue weighted by Crippen LogP contribution is -1.93. The summed E-state index contributed by atoms with van der Waals surface area (Å²) in [7, 11) is 0. The van der Waals surface area contributed by atoms with E-state index in [2.05, 4.69) is 0 Å². The highest BCUT2D eigenvalue weighted by atomic mass is 19.1. The summed E-state index contributed by atoms with van der Waals surface area (Å²) in [5.74, 6) is -0.283. The Morgan fingerprint density at radius 3 is 2.55 bits per heavy atom. The molecule has 1 rings (SSSR count). The molecule has 0 unspecified atom stereocenters. The third-order valence-electron chi connectivity index (χ3n) is 1.75. The van der Waals surface area contributed by atoms with Gasteiger partial charge in [0.2, 0.25) is 0 Å². The molecule has 0 heterocycles. The number of carbonyl (C=O) groups excluding carboxylic acids is 1. The maximum absolute atomic E-state index is 13.0. The van der Waals surface area contributed by atoms with Gasteiger partial charge in [-0.2, -0.15) is 0 Å². The van der Waals surface area contributed by atoms with Gasteiger partial charge in [-0.1, -0.05) is 12.1 Å². The van der Waals surface area contributed by atoms with E-state index in [4.69, 9.17) is 0 Å². The van der Waals surface area contributed by atoms with Crippen LogP contribution in [0.2, 0.25) is 0 Å². The first kappa shape index (κ1) is 7.92. The first-order chi connectivity index (χ1) is 5.16. The molecule has 0 aromatic heterocycles. The fraction of sp³-hybridized carbons (Fsp3) is 0.222. The van der Waals surface area contributed by atoms with Crippen LogP contribution in [0.25, 0.3) is 0 Å². The van der Waals surface area contributed by atoms with Crippen molar-refractivity contribution in [2.75, 3.05) is 0 Å². The maximum Gasteiger partial charge on any atom is 0.150 e. The Hall–Kier alpha value is -1.18. The second-order valence-corrected chi connectivity index (χ2v) is 2.53. The summed E-state index contributed by atoms with van der Waals surface area (Å²) in [4.78, 5) is 10.3. The maximum atomic E-state index is 13.0. The Kier molecular flexibility index (Phi) is 2.03. The first-order valence-electron chi connectivity index (χ1n) is 3.37. The molecule has 0 atom stereocenters. The van der Waals surface area contributed by atoms with Crippen LogP contribution in [0.5, 0.6) is 0 Å². The van der Waals surface area contributed by atoms with Crippen LogP contribution < -0.4 is 0 Å². The highest BCUT2D eigenvalue weighted by molar-refractivity contribution is 5.77. The summed E-state index contributed by atoms with van der Waals surface area (Å²) in [5, 5.41) is 0. The van der Waals surface area contributed by atoms with Crippen LogP contribution in [0.15, 0.2) is 12.1 Å². The quantitative estimate of drug-likeness (QED) is 0.564. The fourth-order valence-corrected chi connectivity index (χ4v) is 0.963. The predicted molar refractivity (Wildman–Crippen MR) is 41.3 cm³/mol. The highest BCUT2D eigenvalue weighted by Gasteiger charge is 2.04. The Morgan fingerprint density at radius 2 is 2.00 bits per heavy atom. The number of carbonyl (C=O) groups is 1. The van der Waals surface area contributed by atoms with Crippen molar-refractivity contribution in [2.24, 2.45) is 0 Å². The summed E-state index contributed by atoms with van der Waals surface area (Å²) >= 11 is 0. The Morgan fingerprint density at radius 1 is 1.36 bits per heavy atom. The fourth-order valence-electron chi connectivity index (χ4n) is 0.963. The Labute approximate surface area is 64.9 Å². The summed E-state index contributed by atoms with van der Waals surface area (Å²) in [5.41, 5.74) is 1.43. The van der Waals surface area contributed by atoms with Gasteiger partial charge in [0.1, 0.15) is 12.1 Å². The van der Waals surface area contributed by atoms with Crippen LogP contribution in [-0.2, 0) is 0 Å². The minimum Gasteiger partial charge on any atom is -0.298 e. The SMILES string of the molecule is Cc1ccc(C=O)c(C)c1F. The number of hydrogen-bond donors (Lipinski definition) is 0. The van der Waals surface area contributed by atoms with Crippen molar-refractivity contribution in [1.82, 2.24) is 0 Å². The summed E-state index contributed by atoms with van der Waals surface area (Å²) in [6, 6.07) is 3.23. The zero-order valence-corrected chi connectivity index (χ0v) is 6.52. The molecule has 0 aliphatic rings. The van der Waals surface area contributed by atoms with Crippen LogP contribution in [-0.4, -0.2) is 6.29 Å². The third-order valence-corrected chi connectivity index (χ3v) is 1.75. The van der Waals surface area contributed by atoms with E-state index in [1.54, 1.807) is 26.0 Å². The molecule has 0 fully saturated rings. The molecule has 0 N–H and O–H groups in total. The summed E-state index contributed by atoms with van der Waals surface area (Å²) in [6.45, 7) is 3.28. The average Bonchev–Trinajstić information content (AvgIpc) is 2.01. The largest absolute Gasteiger partial charge is 0.298 e. The van der Waals surface area contributed by atoms with Gasteiger partial charge in [0.25, 0.3) is 0 Å². The van der Waals surface area contributed by atoms with Crippen LogP contribution in [0.4, 0.5) is 4.39 Å². The van der Waals surface area contributed by atoms with Crippen molar-refractivity contribution in [2.45, 2.75) is 13.8 Å². The molecule has 1 nitrogen and oxygen atoms in total. The first-order valence-corrected chi connectivity index (χ1v) is 3.37. The van der Waals surface area contributed by atoms with Crippen LogP contribution in [0, 0.1) is 19.7 Å². The van der Waals surface area contributed by atoms with Gasteiger partial charge in [-0.05, 0) is 25.0 Å². The zero-order valence-electron chi connectivity index (χ0n) is 6.52. The summed E-state index contributed by atoms with van der Waals surface area (Å²) in [6.07, 6.45) is 0.665. The van der Waals surface area contributed by atoms with E-state index in [1.807, 2.05) is 0 Å². The van der Waals surface area contributed by atoms with Crippen LogP contribution in [0.1, 0.15) is 21.5 Å². The smallest absolute Gasteiger partial charge is 0.150 e. The lowest BCUT2D eigenvalue weighted by molar-refractivity contribution is 0.112. The van der Waals surface area contributed by atoms with Gasteiger partial charge in [-0.25, -0.2) is 4.39 Å². The van der Waals surface area contributed by atoms with Gasteiger partial charge in [0.15, 0.2) is 0 Å². The molecule has 2 heteroatoms. The second-order valence-electron chi connectivity index (χ2n) is 2.53. The molecule has 0 bridgehead atoms. The molecular weight excluding hydrogens is 143 g/mol. The molecular formula is C9H9FO. The second kappa shape index (κ2) is 2.82. The predicted octanol–water partition coefficient (Wildman–Crippen LogP) is 2.26. The van der Waals surface area contributed by atoms with Crippen molar-refractivity contribution in [3.8, 4) is 0 Å². The molecule has 0 radical (unpaired) electrons. The van der Waals surface area contributed by atoms with Crippen LogP contribution in [0.3, 0.4) is 0 Å². The summed E-state index contributed by atoms with van der Waals surface area (Å²) < 4.78 is 13.0. The van der Waals surface area contributed by atoms with Crippen molar-refractivity contribution in [3.63, 3.8) is 0 Å². The van der Waals surface area contributed by atoms with Crippen molar-refractivity contribution < 1.29 is 9.18 Å². The van der Waals surface area contributed by atoms with E-state index in [-0.39, 0.29) is 5.82 Å². The van der Waals surface area contributed by atoms with E-state index < -0.39 is 0 Å². The van der Waals surface area contributed by atoms with Gasteiger partial charge in [0, 0.05) is 5.56 Å². The van der Waals surface area contributed by atoms with Crippen molar-refractivity contribution in [3.05, 3.63) is 34.6 Å². The molecule has 11 heavy (non-hydrogen) atoms. The van der Waals surface area contributed by atoms with Gasteiger partial charge in [-0.3, -0.25) is 4.79 Å². The third kappa shape index (κ3) is 1.29. The molecule has 1 aromatic carbocycles. The van der Waals surface area contributed by atoms with E-state index in [0.717, 1.165) is 0 Å². The van der Waals surface area contributed by atoms with Crippen molar-refractivity contribution in [1.29, 1.82) is 0 Å². The molecule has 0 amide bonds. The Bertz CT molecular complexity index is 292. The van der Waals surface area contributed by atoms with Crippen molar-refractivity contribution >= 4 is 6.29 Å². The van der Waals surface area contributed by atoms with Gasteiger partial charge >= 0.3 is 0 Å². The highest BCUT2D eigenvalue weighted by Crippen LogP contribution is 2.14. The lowest BCUT2D eigenvalue weighted by atomic mass is 10.1. The molecule has 58 valence electrons. The molecule has 0 saturated carbocycles. The minimum absolute atomic E-state index is 0.283. The van der Waals surface area contributed by atoms with Gasteiger partial charge < -0.3 is 0 Å². The standard InChI is InChI=1S/C9H9FO/c1-6-3-4-8(5-11)7(2)9(6)10/h3-5H,1-2H3. The number of benzene rings is 1. The van der Waals surface area contributed by atoms with E-state index >= 15 is 0 Å². The minimum atomic E-state index is -0.283. The van der Waals surface area contributed by atoms with E-state index in [9.17, 15) is 9.18 Å². The molecule has 0 spiro atoms. The van der Waals surface area contributed by atoms with Gasteiger partial charge in [0.05, 0.1) is 0 Å². The van der Waals surface area contributed by atoms with E-state index in [0.29, 0.717) is 23.0 Å². The molecule has 0 aliphatic carbocycles. The van der Waals surface area contributed by atoms with E-state index in [1.165, 1.54) is 0 Å². The zero-order chi connectivity index (χ0) is 8.43. The monoisotopic (exact) mass is 152 g/mol. The molecule has 1 aromatic rings. The number of aryl methyl sites for hydroxylation is 1. The number of rotatable bonds is 1. The number of hydrogen-bond acceptors (Lipinski definition) is 1. The normalized spacial score (nSPS) is 9.73. The lowest BCUT2D eigenvalue weighted by Gasteiger charge is -2.01. The number of halogens is 1. The molecule has 0 aliphatic heterocycles. The molecule has 0 saturated heterocycles. The topological polar surface area (TPSA) is 17.1 Å². The number of aldehydes is 1. The van der Waals surface area contributed by atoms with Crippen LogP contribution >= 0.6 is 0 Å².